The Kier molecular flexibility index (Phi) is 3.66. The van der Waals surface area contributed by atoms with E-state index in [-0.39, 0.29) is 18.0 Å². The predicted octanol–water partition coefficient (Wildman–Crippen LogP) is 1.01. The third kappa shape index (κ3) is 2.92. The van der Waals surface area contributed by atoms with E-state index in [1.165, 1.54) is 6.92 Å². The van der Waals surface area contributed by atoms with Gasteiger partial charge in [-0.3, -0.25) is 14.7 Å². The van der Waals surface area contributed by atoms with Crippen LogP contribution in [0.2, 0.25) is 0 Å². The van der Waals surface area contributed by atoms with Gasteiger partial charge >= 0.3 is 0 Å². The Labute approximate surface area is 122 Å². The molecular formula is C14H17N5O2. The first-order valence-corrected chi connectivity index (χ1v) is 6.85. The van der Waals surface area contributed by atoms with E-state index in [9.17, 15) is 4.79 Å². The third-order valence-corrected chi connectivity index (χ3v) is 3.60. The van der Waals surface area contributed by atoms with Crippen molar-refractivity contribution in [1.29, 1.82) is 0 Å². The molecule has 0 unspecified atom stereocenters. The van der Waals surface area contributed by atoms with Gasteiger partial charge in [-0.1, -0.05) is 5.16 Å². The summed E-state index contributed by atoms with van der Waals surface area (Å²) < 4.78 is 5.38. The number of aromatic nitrogens is 3. The summed E-state index contributed by atoms with van der Waals surface area (Å²) in [5.74, 6) is 1.09. The SMILES string of the molecule is CC(=O)N[C@@H]1C[C@@H](c2nc(-c3cccnc3)no2)N(C)C1. The van der Waals surface area contributed by atoms with Gasteiger partial charge in [0.25, 0.3) is 0 Å². The number of amides is 1. The number of carbonyl (C=O) groups excluding carboxylic acids is 1. The summed E-state index contributed by atoms with van der Waals surface area (Å²) in [5.41, 5.74) is 0.826. The van der Waals surface area contributed by atoms with Crippen molar-refractivity contribution in [2.24, 2.45) is 0 Å². The molecule has 3 heterocycles. The maximum Gasteiger partial charge on any atom is 0.244 e. The van der Waals surface area contributed by atoms with Gasteiger partial charge in [0.05, 0.1) is 6.04 Å². The molecular weight excluding hydrogens is 270 g/mol. The van der Waals surface area contributed by atoms with Crippen LogP contribution in [-0.2, 0) is 4.79 Å². The van der Waals surface area contributed by atoms with Crippen molar-refractivity contribution in [2.75, 3.05) is 13.6 Å². The quantitative estimate of drug-likeness (QED) is 0.907. The zero-order valence-electron chi connectivity index (χ0n) is 12.0. The Balaban J connectivity index is 1.76. The average molecular weight is 287 g/mol. The van der Waals surface area contributed by atoms with Crippen LogP contribution in [0.1, 0.15) is 25.3 Å². The zero-order chi connectivity index (χ0) is 14.8. The largest absolute Gasteiger partial charge is 0.352 e. The second-order valence-electron chi connectivity index (χ2n) is 5.29. The minimum Gasteiger partial charge on any atom is -0.352 e. The highest BCUT2D eigenvalue weighted by atomic mass is 16.5. The van der Waals surface area contributed by atoms with E-state index < -0.39 is 0 Å². The monoisotopic (exact) mass is 287 g/mol. The maximum absolute atomic E-state index is 11.2. The van der Waals surface area contributed by atoms with Crippen molar-refractivity contribution >= 4 is 5.91 Å². The molecule has 1 saturated heterocycles. The third-order valence-electron chi connectivity index (χ3n) is 3.60. The highest BCUT2D eigenvalue weighted by molar-refractivity contribution is 5.73. The van der Waals surface area contributed by atoms with Crippen LogP contribution in [0.25, 0.3) is 11.4 Å². The molecule has 7 nitrogen and oxygen atoms in total. The van der Waals surface area contributed by atoms with Crippen molar-refractivity contribution in [1.82, 2.24) is 25.3 Å². The van der Waals surface area contributed by atoms with Crippen LogP contribution >= 0.6 is 0 Å². The summed E-state index contributed by atoms with van der Waals surface area (Å²) in [6.07, 6.45) is 4.17. The van der Waals surface area contributed by atoms with Gasteiger partial charge in [-0.05, 0) is 25.6 Å². The van der Waals surface area contributed by atoms with Gasteiger partial charge in [-0.25, -0.2) is 0 Å². The minimum atomic E-state index is -0.0179. The number of carbonyl (C=O) groups is 1. The van der Waals surface area contributed by atoms with Gasteiger partial charge in [0.2, 0.25) is 17.6 Å². The van der Waals surface area contributed by atoms with Gasteiger partial charge in [-0.15, -0.1) is 0 Å². The van der Waals surface area contributed by atoms with Crippen LogP contribution in [0.3, 0.4) is 0 Å². The second kappa shape index (κ2) is 5.61. The summed E-state index contributed by atoms with van der Waals surface area (Å²) in [6, 6.07) is 3.87. The number of hydrogen-bond acceptors (Lipinski definition) is 6. The van der Waals surface area contributed by atoms with Gasteiger partial charge in [0, 0.05) is 37.5 Å². The first-order valence-electron chi connectivity index (χ1n) is 6.85. The molecule has 2 aromatic heterocycles. The van der Waals surface area contributed by atoms with E-state index in [2.05, 4.69) is 25.3 Å². The van der Waals surface area contributed by atoms with Gasteiger partial charge < -0.3 is 9.84 Å². The van der Waals surface area contributed by atoms with Crippen LogP contribution in [0.15, 0.2) is 29.0 Å². The van der Waals surface area contributed by atoms with Crippen molar-refractivity contribution in [3.8, 4) is 11.4 Å². The summed E-state index contributed by atoms with van der Waals surface area (Å²) in [5, 5.41) is 6.94. The van der Waals surface area contributed by atoms with Crippen molar-refractivity contribution in [2.45, 2.75) is 25.4 Å². The molecule has 0 saturated carbocycles. The zero-order valence-corrected chi connectivity index (χ0v) is 12.0. The van der Waals surface area contributed by atoms with Crippen LogP contribution < -0.4 is 5.32 Å². The molecule has 0 bridgehead atoms. The summed E-state index contributed by atoms with van der Waals surface area (Å²) in [6.45, 7) is 2.30. The van der Waals surface area contributed by atoms with Crippen molar-refractivity contribution in [3.05, 3.63) is 30.4 Å². The van der Waals surface area contributed by atoms with E-state index in [1.807, 2.05) is 19.2 Å². The molecule has 2 atom stereocenters. The van der Waals surface area contributed by atoms with Crippen LogP contribution in [0, 0.1) is 0 Å². The molecule has 1 fully saturated rings. The topological polar surface area (TPSA) is 84.2 Å². The lowest BCUT2D eigenvalue weighted by molar-refractivity contribution is -0.119. The molecule has 21 heavy (non-hydrogen) atoms. The Morgan fingerprint density at radius 2 is 2.38 bits per heavy atom. The van der Waals surface area contributed by atoms with Crippen LogP contribution in [0.5, 0.6) is 0 Å². The lowest BCUT2D eigenvalue weighted by Gasteiger charge is -2.13. The molecule has 0 radical (unpaired) electrons. The number of likely N-dealkylation sites (tertiary alicyclic amines) is 1. The second-order valence-corrected chi connectivity index (χ2v) is 5.29. The number of nitrogens with one attached hydrogen (secondary N) is 1. The molecule has 1 N–H and O–H groups in total. The summed E-state index contributed by atoms with van der Waals surface area (Å²) in [4.78, 5) is 21.8. The number of nitrogens with zero attached hydrogens (tertiary/aromatic N) is 4. The fourth-order valence-electron chi connectivity index (χ4n) is 2.66. The molecule has 0 aliphatic carbocycles. The van der Waals surface area contributed by atoms with Gasteiger partial charge in [0.1, 0.15) is 0 Å². The van der Waals surface area contributed by atoms with E-state index >= 15 is 0 Å². The molecule has 1 amide bonds. The van der Waals surface area contributed by atoms with Crippen LogP contribution in [-0.4, -0.2) is 45.6 Å². The molecule has 1 aliphatic heterocycles. The first kappa shape index (κ1) is 13.7. The first-order chi connectivity index (χ1) is 10.1. The van der Waals surface area contributed by atoms with Gasteiger partial charge in [0.15, 0.2) is 0 Å². The number of hydrogen-bond donors (Lipinski definition) is 1. The maximum atomic E-state index is 11.2. The molecule has 110 valence electrons. The van der Waals surface area contributed by atoms with E-state index in [0.717, 1.165) is 18.5 Å². The number of pyridine rings is 1. The van der Waals surface area contributed by atoms with Crippen LogP contribution in [0.4, 0.5) is 0 Å². The lowest BCUT2D eigenvalue weighted by atomic mass is 10.1. The Bertz CT molecular complexity index is 627. The fourth-order valence-corrected chi connectivity index (χ4v) is 2.66. The summed E-state index contributed by atoms with van der Waals surface area (Å²) in [7, 11) is 1.99. The smallest absolute Gasteiger partial charge is 0.244 e. The normalized spacial score (nSPS) is 22.4. The van der Waals surface area contributed by atoms with Gasteiger partial charge in [-0.2, -0.15) is 4.98 Å². The number of rotatable bonds is 3. The Morgan fingerprint density at radius 3 is 3.10 bits per heavy atom. The van der Waals surface area contributed by atoms with Crippen molar-refractivity contribution in [3.63, 3.8) is 0 Å². The molecule has 2 aromatic rings. The molecule has 3 rings (SSSR count). The fraction of sp³-hybridized carbons (Fsp3) is 0.429. The molecule has 7 heteroatoms. The van der Waals surface area contributed by atoms with E-state index in [4.69, 9.17) is 4.52 Å². The molecule has 0 aromatic carbocycles. The predicted molar refractivity (Wildman–Crippen MR) is 75.1 cm³/mol. The average Bonchev–Trinajstić information content (AvgIpc) is 3.06. The van der Waals surface area contributed by atoms with E-state index in [1.54, 1.807) is 12.4 Å². The highest BCUT2D eigenvalue weighted by Gasteiger charge is 2.34. The molecule has 0 spiro atoms. The van der Waals surface area contributed by atoms with E-state index in [0.29, 0.717) is 11.7 Å². The Morgan fingerprint density at radius 1 is 1.52 bits per heavy atom. The summed E-state index contributed by atoms with van der Waals surface area (Å²) >= 11 is 0. The molecule has 1 aliphatic rings. The Hall–Kier alpha value is -2.28. The lowest BCUT2D eigenvalue weighted by Crippen LogP contribution is -2.34. The minimum absolute atomic E-state index is 0.0179. The van der Waals surface area contributed by atoms with Crippen molar-refractivity contribution < 1.29 is 9.32 Å². The highest BCUT2D eigenvalue weighted by Crippen LogP contribution is 2.30. The standard InChI is InChI=1S/C14H17N5O2/c1-9(20)16-11-6-12(19(2)8-11)14-17-13(18-21-14)10-4-3-5-15-7-10/h3-5,7,11-12H,6,8H2,1-2H3,(H,16,20)/t11-,12+/m1/s1. The number of likely N-dealkylation sites (N-methyl/N-ethyl adjacent to an activating group) is 1.